The molecule has 4 nitrogen and oxygen atoms in total. The first kappa shape index (κ1) is 10.8. The molecule has 1 fully saturated rings. The third kappa shape index (κ3) is 2.89. The summed E-state index contributed by atoms with van der Waals surface area (Å²) in [5.41, 5.74) is -0.630. The summed E-state index contributed by atoms with van der Waals surface area (Å²) in [6.45, 7) is 2.39. The molecule has 15 heavy (non-hydrogen) atoms. The van der Waals surface area contributed by atoms with Crippen molar-refractivity contribution >= 4 is 21.7 Å². The van der Waals surface area contributed by atoms with E-state index in [4.69, 9.17) is 0 Å². The van der Waals surface area contributed by atoms with E-state index in [9.17, 15) is 5.11 Å². The van der Waals surface area contributed by atoms with Crippen molar-refractivity contribution in [2.75, 3.05) is 11.9 Å². The number of hydrogen-bond donors (Lipinski definition) is 2. The van der Waals surface area contributed by atoms with Gasteiger partial charge in [-0.1, -0.05) is 0 Å². The largest absolute Gasteiger partial charge is 0.388 e. The van der Waals surface area contributed by atoms with Gasteiger partial charge in [-0.2, -0.15) is 0 Å². The van der Waals surface area contributed by atoms with Crippen molar-refractivity contribution in [3.05, 3.63) is 17.0 Å². The van der Waals surface area contributed by atoms with Crippen LogP contribution in [0.3, 0.4) is 0 Å². The molecular formula is C10H14BrN3O. The van der Waals surface area contributed by atoms with Gasteiger partial charge < -0.3 is 10.4 Å². The monoisotopic (exact) mass is 271 g/mol. The van der Waals surface area contributed by atoms with E-state index in [0.717, 1.165) is 12.8 Å². The molecule has 2 N–H and O–H groups in total. The Hall–Kier alpha value is -0.680. The molecule has 0 aliphatic heterocycles. The number of nitrogens with one attached hydrogen (secondary N) is 1. The van der Waals surface area contributed by atoms with Crippen LogP contribution in [0.15, 0.2) is 17.0 Å². The summed E-state index contributed by atoms with van der Waals surface area (Å²) in [5, 5.41) is 13.1. The van der Waals surface area contributed by atoms with E-state index in [1.54, 1.807) is 12.4 Å². The first-order valence-corrected chi connectivity index (χ1v) is 5.81. The van der Waals surface area contributed by atoms with Crippen LogP contribution in [-0.4, -0.2) is 27.2 Å². The molecule has 1 aliphatic rings. The molecule has 2 rings (SSSR count). The fraction of sp³-hybridized carbons (Fsp3) is 0.600. The SMILES string of the molecule is CC(O)(CNc1cnc(Br)cn1)C1CC1. The van der Waals surface area contributed by atoms with Gasteiger partial charge in [0.15, 0.2) is 0 Å². The van der Waals surface area contributed by atoms with Crippen LogP contribution in [0.5, 0.6) is 0 Å². The third-order valence-electron chi connectivity index (χ3n) is 2.70. The van der Waals surface area contributed by atoms with Crippen molar-refractivity contribution in [1.82, 2.24) is 9.97 Å². The van der Waals surface area contributed by atoms with E-state index in [0.29, 0.717) is 22.9 Å². The van der Waals surface area contributed by atoms with Gasteiger partial charge in [-0.3, -0.25) is 0 Å². The summed E-state index contributed by atoms with van der Waals surface area (Å²) in [7, 11) is 0. The molecule has 1 unspecified atom stereocenters. The minimum atomic E-state index is -0.630. The number of rotatable bonds is 4. The summed E-state index contributed by atoms with van der Waals surface area (Å²) < 4.78 is 0.710. The first-order valence-electron chi connectivity index (χ1n) is 5.02. The van der Waals surface area contributed by atoms with Crippen LogP contribution in [0.2, 0.25) is 0 Å². The number of aromatic nitrogens is 2. The van der Waals surface area contributed by atoms with Crippen molar-refractivity contribution in [2.45, 2.75) is 25.4 Å². The summed E-state index contributed by atoms with van der Waals surface area (Å²) in [6.07, 6.45) is 5.53. The van der Waals surface area contributed by atoms with Gasteiger partial charge in [0, 0.05) is 6.54 Å². The summed E-state index contributed by atoms with van der Waals surface area (Å²) >= 11 is 3.22. The molecule has 1 aromatic rings. The van der Waals surface area contributed by atoms with Gasteiger partial charge in [0.05, 0.1) is 18.0 Å². The molecule has 1 heterocycles. The van der Waals surface area contributed by atoms with Crippen molar-refractivity contribution in [1.29, 1.82) is 0 Å². The van der Waals surface area contributed by atoms with Crippen LogP contribution in [0, 0.1) is 5.92 Å². The van der Waals surface area contributed by atoms with E-state index >= 15 is 0 Å². The summed E-state index contributed by atoms with van der Waals surface area (Å²) in [4.78, 5) is 8.18. The lowest BCUT2D eigenvalue weighted by molar-refractivity contribution is 0.0502. The maximum absolute atomic E-state index is 10.1. The zero-order valence-electron chi connectivity index (χ0n) is 8.57. The van der Waals surface area contributed by atoms with Crippen LogP contribution in [0.4, 0.5) is 5.82 Å². The maximum Gasteiger partial charge on any atom is 0.144 e. The zero-order valence-corrected chi connectivity index (χ0v) is 10.2. The van der Waals surface area contributed by atoms with Gasteiger partial charge in [-0.15, -0.1) is 0 Å². The molecule has 0 spiro atoms. The Morgan fingerprint density at radius 2 is 2.27 bits per heavy atom. The first-order chi connectivity index (χ1) is 7.08. The van der Waals surface area contributed by atoms with E-state index in [2.05, 4.69) is 31.2 Å². The van der Waals surface area contributed by atoms with Crippen molar-refractivity contribution in [2.24, 2.45) is 5.92 Å². The number of aliphatic hydroxyl groups is 1. The van der Waals surface area contributed by atoms with Gasteiger partial charge in [-0.25, -0.2) is 9.97 Å². The molecule has 0 saturated heterocycles. The molecule has 1 saturated carbocycles. The Morgan fingerprint density at radius 3 is 2.80 bits per heavy atom. The Labute approximate surface area is 97.3 Å². The van der Waals surface area contributed by atoms with E-state index in [-0.39, 0.29) is 0 Å². The smallest absolute Gasteiger partial charge is 0.144 e. The second-order valence-electron chi connectivity index (χ2n) is 4.21. The second kappa shape index (κ2) is 4.06. The molecule has 1 atom stereocenters. The molecule has 0 aromatic carbocycles. The van der Waals surface area contributed by atoms with Gasteiger partial charge in [-0.05, 0) is 41.6 Å². The Bertz CT molecular complexity index is 335. The highest BCUT2D eigenvalue weighted by atomic mass is 79.9. The quantitative estimate of drug-likeness (QED) is 0.877. The molecule has 1 aromatic heterocycles. The van der Waals surface area contributed by atoms with Crippen LogP contribution >= 0.6 is 15.9 Å². The predicted octanol–water partition coefficient (Wildman–Crippen LogP) is 1.81. The molecule has 0 bridgehead atoms. The highest BCUT2D eigenvalue weighted by molar-refractivity contribution is 9.10. The molecule has 1 aliphatic carbocycles. The average Bonchev–Trinajstić information content (AvgIpc) is 3.00. The normalized spacial score (nSPS) is 19.7. The van der Waals surface area contributed by atoms with Crippen molar-refractivity contribution in [3.63, 3.8) is 0 Å². The topological polar surface area (TPSA) is 58.0 Å². The van der Waals surface area contributed by atoms with Crippen molar-refractivity contribution in [3.8, 4) is 0 Å². The van der Waals surface area contributed by atoms with Gasteiger partial charge in [0.1, 0.15) is 10.4 Å². The molecule has 82 valence electrons. The molecule has 0 radical (unpaired) electrons. The van der Waals surface area contributed by atoms with Gasteiger partial charge in [0.2, 0.25) is 0 Å². The summed E-state index contributed by atoms with van der Waals surface area (Å²) in [5.74, 6) is 1.13. The van der Waals surface area contributed by atoms with Crippen LogP contribution in [0.25, 0.3) is 0 Å². The number of halogens is 1. The molecular weight excluding hydrogens is 258 g/mol. The van der Waals surface area contributed by atoms with Gasteiger partial charge >= 0.3 is 0 Å². The van der Waals surface area contributed by atoms with E-state index in [1.807, 2.05) is 6.92 Å². The lowest BCUT2D eigenvalue weighted by atomic mass is 10.0. The third-order valence-corrected chi connectivity index (χ3v) is 3.11. The molecule has 0 amide bonds. The number of anilines is 1. The van der Waals surface area contributed by atoms with Crippen LogP contribution in [0.1, 0.15) is 19.8 Å². The lowest BCUT2D eigenvalue weighted by Crippen LogP contribution is -2.35. The van der Waals surface area contributed by atoms with Crippen LogP contribution in [-0.2, 0) is 0 Å². The number of nitrogens with zero attached hydrogens (tertiary/aromatic N) is 2. The predicted molar refractivity (Wildman–Crippen MR) is 61.6 cm³/mol. The Morgan fingerprint density at radius 1 is 1.53 bits per heavy atom. The van der Waals surface area contributed by atoms with E-state index in [1.165, 1.54) is 0 Å². The minimum Gasteiger partial charge on any atom is -0.388 e. The fourth-order valence-corrected chi connectivity index (χ4v) is 1.73. The standard InChI is InChI=1S/C10H14BrN3O/c1-10(15,7-2-3-7)6-14-9-5-12-8(11)4-13-9/h4-5,7,15H,2-3,6H2,1H3,(H,13,14). The lowest BCUT2D eigenvalue weighted by Gasteiger charge is -2.23. The summed E-state index contributed by atoms with van der Waals surface area (Å²) in [6, 6.07) is 0. The van der Waals surface area contributed by atoms with Crippen molar-refractivity contribution < 1.29 is 5.11 Å². The Kier molecular flexibility index (Phi) is 2.93. The fourth-order valence-electron chi connectivity index (χ4n) is 1.52. The maximum atomic E-state index is 10.1. The second-order valence-corrected chi connectivity index (χ2v) is 5.02. The average molecular weight is 272 g/mol. The number of hydrogen-bond acceptors (Lipinski definition) is 4. The van der Waals surface area contributed by atoms with Crippen LogP contribution < -0.4 is 5.32 Å². The highest BCUT2D eigenvalue weighted by Crippen LogP contribution is 2.39. The Balaban J connectivity index is 1.89. The van der Waals surface area contributed by atoms with Gasteiger partial charge in [0.25, 0.3) is 0 Å². The molecule has 5 heteroatoms. The highest BCUT2D eigenvalue weighted by Gasteiger charge is 2.39. The minimum absolute atomic E-state index is 0.438. The zero-order chi connectivity index (χ0) is 10.9. The van der Waals surface area contributed by atoms with E-state index < -0.39 is 5.60 Å².